The van der Waals surface area contributed by atoms with Gasteiger partial charge in [0.25, 0.3) is 5.69 Å². The van der Waals surface area contributed by atoms with Gasteiger partial charge in [0, 0.05) is 22.9 Å². The smallest absolute Gasteiger partial charge is 0.272 e. The molecule has 6 heteroatoms. The first kappa shape index (κ1) is 15.0. The highest BCUT2D eigenvalue weighted by molar-refractivity contribution is 5.80. The van der Waals surface area contributed by atoms with Gasteiger partial charge in [0.1, 0.15) is 17.5 Å². The average Bonchev–Trinajstić information content (AvgIpc) is 2.54. The van der Waals surface area contributed by atoms with Crippen molar-refractivity contribution in [2.45, 2.75) is 32.6 Å². The molecule has 1 heterocycles. The Morgan fingerprint density at radius 2 is 2.09 bits per heavy atom. The van der Waals surface area contributed by atoms with Gasteiger partial charge in [0.05, 0.1) is 4.92 Å². The van der Waals surface area contributed by atoms with Crippen LogP contribution in [0.1, 0.15) is 35.2 Å². The second-order valence-electron chi connectivity index (χ2n) is 5.75. The molecule has 0 amide bonds. The molecule has 1 aliphatic rings. The van der Waals surface area contributed by atoms with Gasteiger partial charge in [-0.3, -0.25) is 10.1 Å². The van der Waals surface area contributed by atoms with E-state index in [1.807, 2.05) is 6.07 Å². The lowest BCUT2D eigenvalue weighted by molar-refractivity contribution is -0.385. The Kier molecular flexibility index (Phi) is 3.70. The highest BCUT2D eigenvalue weighted by atomic mass is 16.6. The predicted molar refractivity (Wildman–Crippen MR) is 86.8 cm³/mol. The van der Waals surface area contributed by atoms with Gasteiger partial charge < -0.3 is 5.73 Å². The van der Waals surface area contributed by atoms with E-state index in [0.29, 0.717) is 22.3 Å². The maximum atomic E-state index is 11.2. The van der Waals surface area contributed by atoms with Crippen molar-refractivity contribution in [1.82, 2.24) is 4.98 Å². The minimum Gasteiger partial charge on any atom is -0.383 e. The molecule has 0 saturated heterocycles. The molecule has 23 heavy (non-hydrogen) atoms. The van der Waals surface area contributed by atoms with Crippen LogP contribution in [0, 0.1) is 28.4 Å². The molecule has 6 nitrogen and oxygen atoms in total. The second-order valence-corrected chi connectivity index (χ2v) is 5.75. The van der Waals surface area contributed by atoms with Crippen LogP contribution in [0.25, 0.3) is 11.1 Å². The van der Waals surface area contributed by atoms with Crippen molar-refractivity contribution >= 4 is 11.5 Å². The molecule has 116 valence electrons. The molecule has 0 radical (unpaired) electrons. The number of aryl methyl sites for hydroxylation is 2. The van der Waals surface area contributed by atoms with Gasteiger partial charge in [-0.15, -0.1) is 0 Å². The highest BCUT2D eigenvalue weighted by Gasteiger charge is 2.23. The summed E-state index contributed by atoms with van der Waals surface area (Å²) in [5.41, 5.74) is 10.2. The zero-order valence-electron chi connectivity index (χ0n) is 12.8. The van der Waals surface area contributed by atoms with Gasteiger partial charge >= 0.3 is 0 Å². The van der Waals surface area contributed by atoms with Crippen molar-refractivity contribution in [2.24, 2.45) is 0 Å². The molecule has 1 aromatic carbocycles. The molecule has 0 saturated carbocycles. The number of fused-ring (bicyclic) bond motifs is 1. The molecule has 2 N–H and O–H groups in total. The van der Waals surface area contributed by atoms with E-state index in [1.165, 1.54) is 6.07 Å². The molecule has 3 rings (SSSR count). The van der Waals surface area contributed by atoms with Crippen LogP contribution in [0.3, 0.4) is 0 Å². The second kappa shape index (κ2) is 5.69. The Morgan fingerprint density at radius 3 is 2.78 bits per heavy atom. The van der Waals surface area contributed by atoms with E-state index < -0.39 is 4.92 Å². The number of nitro benzene ring substituents is 1. The van der Waals surface area contributed by atoms with Crippen LogP contribution in [0.4, 0.5) is 11.5 Å². The van der Waals surface area contributed by atoms with Crippen LogP contribution in [0.2, 0.25) is 0 Å². The van der Waals surface area contributed by atoms with Crippen LogP contribution >= 0.6 is 0 Å². The SMILES string of the molecule is Cc1ccc(-c2c(C#N)c(N)nc3c2CCCC3)cc1[N+](=O)[O-]. The number of aromatic nitrogens is 1. The van der Waals surface area contributed by atoms with Crippen molar-refractivity contribution in [1.29, 1.82) is 5.26 Å². The number of hydrogen-bond donors (Lipinski definition) is 1. The third-order valence-corrected chi connectivity index (χ3v) is 4.31. The van der Waals surface area contributed by atoms with Crippen LogP contribution < -0.4 is 5.73 Å². The summed E-state index contributed by atoms with van der Waals surface area (Å²) in [5, 5.41) is 20.7. The van der Waals surface area contributed by atoms with E-state index in [0.717, 1.165) is 36.9 Å². The minimum atomic E-state index is -0.401. The lowest BCUT2D eigenvalue weighted by Gasteiger charge is -2.21. The number of hydrogen-bond acceptors (Lipinski definition) is 5. The summed E-state index contributed by atoms with van der Waals surface area (Å²) < 4.78 is 0. The fourth-order valence-corrected chi connectivity index (χ4v) is 3.16. The average molecular weight is 308 g/mol. The highest BCUT2D eigenvalue weighted by Crippen LogP contribution is 2.37. The zero-order chi connectivity index (χ0) is 16.6. The lowest BCUT2D eigenvalue weighted by atomic mass is 9.86. The fourth-order valence-electron chi connectivity index (χ4n) is 3.16. The molecule has 0 bridgehead atoms. The number of benzene rings is 1. The van der Waals surface area contributed by atoms with E-state index in [4.69, 9.17) is 5.73 Å². The summed E-state index contributed by atoms with van der Waals surface area (Å²) in [4.78, 5) is 15.2. The largest absolute Gasteiger partial charge is 0.383 e. The molecule has 0 spiro atoms. The number of nitro groups is 1. The van der Waals surface area contributed by atoms with E-state index in [1.54, 1.807) is 13.0 Å². The first-order valence-electron chi connectivity index (χ1n) is 7.49. The van der Waals surface area contributed by atoms with Crippen LogP contribution in [0.15, 0.2) is 18.2 Å². The monoisotopic (exact) mass is 308 g/mol. The molecule has 1 aliphatic carbocycles. The van der Waals surface area contributed by atoms with Crippen molar-refractivity contribution < 1.29 is 4.92 Å². The third kappa shape index (κ3) is 2.50. The summed E-state index contributed by atoms with van der Waals surface area (Å²) in [7, 11) is 0. The quantitative estimate of drug-likeness (QED) is 0.676. The predicted octanol–water partition coefficient (Wildman–Crippen LogP) is 3.30. The van der Waals surface area contributed by atoms with E-state index in [-0.39, 0.29) is 11.5 Å². The summed E-state index contributed by atoms with van der Waals surface area (Å²) in [6, 6.07) is 7.17. The molecule has 0 fully saturated rings. The van der Waals surface area contributed by atoms with Crippen LogP contribution in [0.5, 0.6) is 0 Å². The summed E-state index contributed by atoms with van der Waals surface area (Å²) in [5.74, 6) is 0.200. The van der Waals surface area contributed by atoms with Crippen molar-refractivity contribution in [2.75, 3.05) is 5.73 Å². The summed E-state index contributed by atoms with van der Waals surface area (Å²) in [6.07, 6.45) is 3.70. The van der Waals surface area contributed by atoms with Gasteiger partial charge in [-0.1, -0.05) is 12.1 Å². The van der Waals surface area contributed by atoms with Crippen LogP contribution in [-0.4, -0.2) is 9.91 Å². The van der Waals surface area contributed by atoms with E-state index in [9.17, 15) is 15.4 Å². The van der Waals surface area contributed by atoms with Gasteiger partial charge in [-0.2, -0.15) is 5.26 Å². The van der Waals surface area contributed by atoms with E-state index in [2.05, 4.69) is 11.1 Å². The molecule has 1 aromatic heterocycles. The van der Waals surface area contributed by atoms with E-state index >= 15 is 0 Å². The maximum absolute atomic E-state index is 11.2. The van der Waals surface area contributed by atoms with Crippen LogP contribution in [-0.2, 0) is 12.8 Å². The van der Waals surface area contributed by atoms with Crippen molar-refractivity contribution in [3.63, 3.8) is 0 Å². The number of nitrogen functional groups attached to an aromatic ring is 1. The van der Waals surface area contributed by atoms with Gasteiger partial charge in [0.2, 0.25) is 0 Å². The van der Waals surface area contributed by atoms with Gasteiger partial charge in [0.15, 0.2) is 0 Å². The summed E-state index contributed by atoms with van der Waals surface area (Å²) in [6.45, 7) is 1.70. The molecule has 0 atom stereocenters. The van der Waals surface area contributed by atoms with Gasteiger partial charge in [-0.05, 0) is 43.7 Å². The number of nitrogens with two attached hydrogens (primary N) is 1. The molecule has 2 aromatic rings. The Labute approximate surface area is 133 Å². The Balaban J connectivity index is 2.31. The normalized spacial score (nSPS) is 13.2. The minimum absolute atomic E-state index is 0.0475. The molecule has 0 aliphatic heterocycles. The number of pyridine rings is 1. The molecule has 0 unspecified atom stereocenters. The Morgan fingerprint density at radius 1 is 1.35 bits per heavy atom. The number of anilines is 1. The Bertz CT molecular complexity index is 853. The maximum Gasteiger partial charge on any atom is 0.272 e. The first-order chi connectivity index (χ1) is 11.0. The zero-order valence-corrected chi connectivity index (χ0v) is 12.8. The number of nitrogens with zero attached hydrogens (tertiary/aromatic N) is 3. The lowest BCUT2D eigenvalue weighted by Crippen LogP contribution is -2.12. The first-order valence-corrected chi connectivity index (χ1v) is 7.49. The molecular weight excluding hydrogens is 292 g/mol. The third-order valence-electron chi connectivity index (χ3n) is 4.31. The standard InChI is InChI=1S/C17H16N4O2/c1-10-6-7-11(8-15(10)21(22)23)16-12-4-2-3-5-14(12)20-17(19)13(16)9-18/h6-8H,2-5H2,1H3,(H2,19,20). The topological polar surface area (TPSA) is 106 Å². The number of nitriles is 1. The summed E-state index contributed by atoms with van der Waals surface area (Å²) >= 11 is 0. The van der Waals surface area contributed by atoms with Crippen molar-refractivity contribution in [3.05, 3.63) is 50.7 Å². The van der Waals surface area contributed by atoms with Gasteiger partial charge in [-0.25, -0.2) is 4.98 Å². The number of rotatable bonds is 2. The fraction of sp³-hybridized carbons (Fsp3) is 0.294. The van der Waals surface area contributed by atoms with Crippen molar-refractivity contribution in [3.8, 4) is 17.2 Å². The Hall–Kier alpha value is -2.94. The molecular formula is C17H16N4O2.